The number of benzene rings is 1. The zero-order chi connectivity index (χ0) is 15.3. The van der Waals surface area contributed by atoms with Gasteiger partial charge in [0.2, 0.25) is 0 Å². The Labute approximate surface area is 121 Å². The number of anilines is 1. The summed E-state index contributed by atoms with van der Waals surface area (Å²) >= 11 is 0. The standard InChI is InChI=1S/C12H18N2O4S2/c1-19(16)5-3-4-14-12(15)9-6-10(13)8-11(7-9)20(2,17)18/h6-8H,3-5,13H2,1-2H3,(H,14,15). The first-order valence-electron chi connectivity index (χ1n) is 5.89. The van der Waals surface area contributed by atoms with Crippen LogP contribution < -0.4 is 11.1 Å². The van der Waals surface area contributed by atoms with Crippen molar-refractivity contribution in [2.24, 2.45) is 0 Å². The Morgan fingerprint density at radius 3 is 2.55 bits per heavy atom. The van der Waals surface area contributed by atoms with Crippen LogP contribution in [0.4, 0.5) is 5.69 Å². The van der Waals surface area contributed by atoms with E-state index in [2.05, 4.69) is 5.32 Å². The van der Waals surface area contributed by atoms with Crippen molar-refractivity contribution in [3.8, 4) is 0 Å². The Bertz CT molecular complexity index is 626. The van der Waals surface area contributed by atoms with Crippen molar-refractivity contribution in [1.82, 2.24) is 5.32 Å². The van der Waals surface area contributed by atoms with Gasteiger partial charge in [0, 0.05) is 46.9 Å². The zero-order valence-electron chi connectivity index (χ0n) is 11.4. The number of nitrogens with one attached hydrogen (secondary N) is 1. The Hall–Kier alpha value is -1.41. The van der Waals surface area contributed by atoms with Gasteiger partial charge in [-0.05, 0) is 24.6 Å². The van der Waals surface area contributed by atoms with Gasteiger partial charge in [-0.3, -0.25) is 9.00 Å². The van der Waals surface area contributed by atoms with Gasteiger partial charge in [0.25, 0.3) is 5.91 Å². The van der Waals surface area contributed by atoms with Gasteiger partial charge in [0.05, 0.1) is 4.90 Å². The minimum atomic E-state index is -3.42. The molecule has 0 bridgehead atoms. The van der Waals surface area contributed by atoms with Crippen LogP contribution in [0.1, 0.15) is 16.8 Å². The van der Waals surface area contributed by atoms with Gasteiger partial charge < -0.3 is 11.1 Å². The fourth-order valence-electron chi connectivity index (χ4n) is 1.55. The van der Waals surface area contributed by atoms with Gasteiger partial charge in [-0.1, -0.05) is 0 Å². The van der Waals surface area contributed by atoms with Crippen LogP contribution in [0.25, 0.3) is 0 Å². The van der Waals surface area contributed by atoms with E-state index in [0.717, 1.165) is 6.26 Å². The number of hydrogen-bond acceptors (Lipinski definition) is 5. The molecule has 1 aromatic carbocycles. The lowest BCUT2D eigenvalue weighted by molar-refractivity contribution is 0.0953. The lowest BCUT2D eigenvalue weighted by atomic mass is 10.2. The highest BCUT2D eigenvalue weighted by molar-refractivity contribution is 7.90. The molecular weight excluding hydrogens is 300 g/mol. The molecule has 1 aromatic rings. The van der Waals surface area contributed by atoms with Gasteiger partial charge >= 0.3 is 0 Å². The topological polar surface area (TPSA) is 106 Å². The van der Waals surface area contributed by atoms with E-state index in [1.807, 2.05) is 0 Å². The van der Waals surface area contributed by atoms with Gasteiger partial charge in [0.15, 0.2) is 9.84 Å². The Balaban J connectivity index is 2.78. The van der Waals surface area contributed by atoms with Gasteiger partial charge in [-0.15, -0.1) is 0 Å². The molecular formula is C12H18N2O4S2. The molecule has 3 N–H and O–H groups in total. The minimum Gasteiger partial charge on any atom is -0.399 e. The summed E-state index contributed by atoms with van der Waals surface area (Å²) in [5.41, 5.74) is 6.02. The number of nitrogens with two attached hydrogens (primary N) is 1. The fourth-order valence-corrected chi connectivity index (χ4v) is 2.79. The maximum atomic E-state index is 11.9. The number of nitrogen functional groups attached to an aromatic ring is 1. The average Bonchev–Trinajstić information content (AvgIpc) is 2.32. The van der Waals surface area contributed by atoms with E-state index >= 15 is 0 Å². The van der Waals surface area contributed by atoms with Crippen molar-refractivity contribution in [1.29, 1.82) is 0 Å². The number of hydrogen-bond donors (Lipinski definition) is 2. The zero-order valence-corrected chi connectivity index (χ0v) is 13.0. The highest BCUT2D eigenvalue weighted by Crippen LogP contribution is 2.16. The third-order valence-electron chi connectivity index (χ3n) is 2.51. The van der Waals surface area contributed by atoms with Crippen molar-refractivity contribution in [2.45, 2.75) is 11.3 Å². The second-order valence-electron chi connectivity index (χ2n) is 4.45. The normalized spacial score (nSPS) is 12.9. The van der Waals surface area contributed by atoms with Crippen molar-refractivity contribution >= 4 is 32.2 Å². The van der Waals surface area contributed by atoms with E-state index in [9.17, 15) is 17.4 Å². The molecule has 0 fully saturated rings. The van der Waals surface area contributed by atoms with E-state index in [1.54, 1.807) is 6.26 Å². The predicted octanol–water partition coefficient (Wildman–Crippen LogP) is 0.171. The van der Waals surface area contributed by atoms with E-state index in [1.165, 1.54) is 18.2 Å². The third kappa shape index (κ3) is 5.30. The molecule has 0 aliphatic carbocycles. The lowest BCUT2D eigenvalue weighted by Crippen LogP contribution is -2.25. The van der Waals surface area contributed by atoms with Crippen LogP contribution in [-0.2, 0) is 20.6 Å². The second kappa shape index (κ2) is 6.85. The van der Waals surface area contributed by atoms with Crippen LogP contribution in [0.5, 0.6) is 0 Å². The van der Waals surface area contributed by atoms with Crippen LogP contribution >= 0.6 is 0 Å². The Kier molecular flexibility index (Phi) is 5.70. The summed E-state index contributed by atoms with van der Waals surface area (Å²) in [5.74, 6) is 0.107. The van der Waals surface area contributed by atoms with Crippen molar-refractivity contribution in [2.75, 3.05) is 30.5 Å². The first-order valence-corrected chi connectivity index (χ1v) is 9.51. The van der Waals surface area contributed by atoms with E-state index in [4.69, 9.17) is 5.73 Å². The summed E-state index contributed by atoms with van der Waals surface area (Å²) < 4.78 is 33.8. The quantitative estimate of drug-likeness (QED) is 0.574. The molecule has 112 valence electrons. The van der Waals surface area contributed by atoms with Gasteiger partial charge in [0.1, 0.15) is 0 Å². The molecule has 8 heteroatoms. The molecule has 1 unspecified atom stereocenters. The van der Waals surface area contributed by atoms with Crippen molar-refractivity contribution < 1.29 is 17.4 Å². The highest BCUT2D eigenvalue weighted by atomic mass is 32.2. The summed E-state index contributed by atoms with van der Waals surface area (Å²) in [6, 6.07) is 4.02. The molecule has 0 aliphatic rings. The smallest absolute Gasteiger partial charge is 0.251 e. The molecule has 6 nitrogen and oxygen atoms in total. The first-order chi connectivity index (χ1) is 9.20. The molecule has 1 rings (SSSR count). The predicted molar refractivity (Wildman–Crippen MR) is 79.8 cm³/mol. The molecule has 0 spiro atoms. The monoisotopic (exact) mass is 318 g/mol. The first kappa shape index (κ1) is 16.6. The molecule has 0 aromatic heterocycles. The Morgan fingerprint density at radius 1 is 1.35 bits per heavy atom. The number of rotatable bonds is 6. The van der Waals surface area contributed by atoms with Gasteiger partial charge in [-0.2, -0.15) is 0 Å². The summed E-state index contributed by atoms with van der Waals surface area (Å²) in [6.45, 7) is 0.376. The minimum absolute atomic E-state index is 0.0114. The molecule has 0 saturated heterocycles. The van der Waals surface area contributed by atoms with Crippen LogP contribution in [0.2, 0.25) is 0 Å². The molecule has 0 radical (unpaired) electrons. The summed E-state index contributed by atoms with van der Waals surface area (Å²) in [4.78, 5) is 11.9. The fraction of sp³-hybridized carbons (Fsp3) is 0.417. The Morgan fingerprint density at radius 2 is 2.00 bits per heavy atom. The summed E-state index contributed by atoms with van der Waals surface area (Å²) in [5, 5.41) is 2.64. The van der Waals surface area contributed by atoms with Crippen LogP contribution in [0.15, 0.2) is 23.1 Å². The van der Waals surface area contributed by atoms with Crippen LogP contribution in [0.3, 0.4) is 0 Å². The van der Waals surface area contributed by atoms with E-state index in [0.29, 0.717) is 18.7 Å². The third-order valence-corrected chi connectivity index (χ3v) is 4.47. The summed E-state index contributed by atoms with van der Waals surface area (Å²) in [6.07, 6.45) is 3.24. The molecule has 1 amide bonds. The van der Waals surface area contributed by atoms with Crippen LogP contribution in [-0.4, -0.2) is 43.3 Å². The molecule has 0 saturated carbocycles. The molecule has 20 heavy (non-hydrogen) atoms. The van der Waals surface area contributed by atoms with Crippen molar-refractivity contribution in [3.05, 3.63) is 23.8 Å². The average molecular weight is 318 g/mol. The number of carbonyl (C=O) groups is 1. The van der Waals surface area contributed by atoms with Crippen LogP contribution in [0, 0.1) is 0 Å². The maximum absolute atomic E-state index is 11.9. The van der Waals surface area contributed by atoms with E-state index in [-0.39, 0.29) is 16.1 Å². The summed E-state index contributed by atoms with van der Waals surface area (Å²) in [7, 11) is -4.31. The number of carbonyl (C=O) groups excluding carboxylic acids is 1. The molecule has 1 atom stereocenters. The molecule has 0 aliphatic heterocycles. The highest BCUT2D eigenvalue weighted by Gasteiger charge is 2.13. The second-order valence-corrected chi connectivity index (χ2v) is 8.02. The SMILES string of the molecule is CS(=O)CCCNC(=O)c1cc(N)cc(S(C)(=O)=O)c1. The largest absolute Gasteiger partial charge is 0.399 e. The maximum Gasteiger partial charge on any atom is 0.251 e. The number of sulfone groups is 1. The van der Waals surface area contributed by atoms with Gasteiger partial charge in [-0.25, -0.2) is 8.42 Å². The lowest BCUT2D eigenvalue weighted by Gasteiger charge is -2.07. The van der Waals surface area contributed by atoms with Crippen molar-refractivity contribution in [3.63, 3.8) is 0 Å². The van der Waals surface area contributed by atoms with E-state index < -0.39 is 26.5 Å². The molecule has 0 heterocycles. The number of amides is 1.